The summed E-state index contributed by atoms with van der Waals surface area (Å²) in [5, 5.41) is 1.02. The lowest BCUT2D eigenvalue weighted by Gasteiger charge is -2.37. The van der Waals surface area contributed by atoms with Gasteiger partial charge in [0.1, 0.15) is 0 Å². The average Bonchev–Trinajstić information content (AvgIpc) is 2.80. The van der Waals surface area contributed by atoms with Crippen molar-refractivity contribution in [2.45, 2.75) is 19.4 Å². The maximum absolute atomic E-state index is 5.59. The number of rotatable bonds is 6. The average molecular weight is 485 g/mol. The van der Waals surface area contributed by atoms with Crippen molar-refractivity contribution in [3.8, 4) is 22.9 Å². The Morgan fingerprint density at radius 1 is 0.968 bits per heavy atom. The number of aromatic nitrogens is 2. The van der Waals surface area contributed by atoms with Crippen LogP contribution in [0.25, 0.3) is 22.3 Å². The van der Waals surface area contributed by atoms with Gasteiger partial charge in [0.25, 0.3) is 0 Å². The van der Waals surface area contributed by atoms with Gasteiger partial charge >= 0.3 is 0 Å². The summed E-state index contributed by atoms with van der Waals surface area (Å²) in [7, 11) is 5.50. The lowest BCUT2D eigenvalue weighted by Crippen LogP contribution is -2.46. The van der Waals surface area contributed by atoms with Gasteiger partial charge < -0.3 is 14.4 Å². The number of hydrogen-bond donors (Lipinski definition) is 0. The van der Waals surface area contributed by atoms with E-state index in [2.05, 4.69) is 39.7 Å². The van der Waals surface area contributed by atoms with Crippen LogP contribution >= 0.6 is 15.9 Å². The molecule has 3 aromatic rings. The third-order valence-electron chi connectivity index (χ3n) is 6.01. The Labute approximate surface area is 192 Å². The van der Waals surface area contributed by atoms with E-state index in [1.54, 1.807) is 14.2 Å². The number of likely N-dealkylation sites (N-methyl/N-ethyl adjacent to an activating group) is 1. The Morgan fingerprint density at radius 2 is 1.61 bits per heavy atom. The summed E-state index contributed by atoms with van der Waals surface area (Å²) in [4.78, 5) is 14.9. The SMILES string of the molecule is CCC(c1nc(-c2ccc(Br)cc2)nc2cc(OC)c(OC)cc12)N1CCN(C)CC1. The highest BCUT2D eigenvalue weighted by Gasteiger charge is 2.27. The number of piperazine rings is 1. The van der Waals surface area contributed by atoms with Gasteiger partial charge in [0.15, 0.2) is 17.3 Å². The summed E-state index contributed by atoms with van der Waals surface area (Å²) in [6.45, 7) is 6.42. The molecule has 0 spiro atoms. The van der Waals surface area contributed by atoms with E-state index in [4.69, 9.17) is 19.4 Å². The van der Waals surface area contributed by atoms with E-state index >= 15 is 0 Å². The minimum Gasteiger partial charge on any atom is -0.493 e. The third-order valence-corrected chi connectivity index (χ3v) is 6.54. The van der Waals surface area contributed by atoms with Crippen LogP contribution < -0.4 is 9.47 Å². The summed E-state index contributed by atoms with van der Waals surface area (Å²) in [5.41, 5.74) is 2.92. The second-order valence-corrected chi connectivity index (χ2v) is 8.84. The molecule has 0 radical (unpaired) electrons. The summed E-state index contributed by atoms with van der Waals surface area (Å²) in [5.74, 6) is 2.10. The van der Waals surface area contributed by atoms with Crippen LogP contribution in [-0.4, -0.2) is 67.2 Å². The smallest absolute Gasteiger partial charge is 0.162 e. The van der Waals surface area contributed by atoms with Crippen LogP contribution in [-0.2, 0) is 0 Å². The van der Waals surface area contributed by atoms with Crippen molar-refractivity contribution >= 4 is 26.8 Å². The highest BCUT2D eigenvalue weighted by atomic mass is 79.9. The number of nitrogens with zero attached hydrogens (tertiary/aromatic N) is 4. The molecular weight excluding hydrogens is 456 g/mol. The van der Waals surface area contributed by atoms with E-state index in [1.807, 2.05) is 36.4 Å². The lowest BCUT2D eigenvalue weighted by atomic mass is 10.0. The van der Waals surface area contributed by atoms with Crippen LogP contribution in [0, 0.1) is 0 Å². The predicted octanol–water partition coefficient (Wildman–Crippen LogP) is 4.78. The van der Waals surface area contributed by atoms with Gasteiger partial charge in [0.05, 0.1) is 31.5 Å². The van der Waals surface area contributed by atoms with Crippen molar-refractivity contribution in [1.82, 2.24) is 19.8 Å². The van der Waals surface area contributed by atoms with E-state index in [0.29, 0.717) is 11.5 Å². The quantitative estimate of drug-likeness (QED) is 0.501. The summed E-state index contributed by atoms with van der Waals surface area (Å²) >= 11 is 3.52. The monoisotopic (exact) mass is 484 g/mol. The number of benzene rings is 2. The highest BCUT2D eigenvalue weighted by Crippen LogP contribution is 2.37. The molecule has 4 rings (SSSR count). The number of fused-ring (bicyclic) bond motifs is 1. The lowest BCUT2D eigenvalue weighted by molar-refractivity contribution is 0.108. The molecule has 31 heavy (non-hydrogen) atoms. The first-order valence-corrected chi connectivity index (χ1v) is 11.5. The van der Waals surface area contributed by atoms with Crippen LogP contribution in [0.3, 0.4) is 0 Å². The fourth-order valence-corrected chi connectivity index (χ4v) is 4.48. The summed E-state index contributed by atoms with van der Waals surface area (Å²) in [6.07, 6.45) is 0.976. The van der Waals surface area contributed by atoms with Gasteiger partial charge in [-0.2, -0.15) is 0 Å². The van der Waals surface area contributed by atoms with Gasteiger partial charge in [-0.05, 0) is 31.7 Å². The topological polar surface area (TPSA) is 50.7 Å². The van der Waals surface area contributed by atoms with E-state index in [0.717, 1.165) is 65.1 Å². The molecule has 1 aliphatic rings. The van der Waals surface area contributed by atoms with Gasteiger partial charge in [-0.25, -0.2) is 9.97 Å². The molecule has 0 saturated carbocycles. The first-order chi connectivity index (χ1) is 15.0. The van der Waals surface area contributed by atoms with Crippen molar-refractivity contribution in [1.29, 1.82) is 0 Å². The van der Waals surface area contributed by atoms with Gasteiger partial charge in [-0.3, -0.25) is 4.90 Å². The van der Waals surface area contributed by atoms with Gasteiger partial charge in [-0.15, -0.1) is 0 Å². The molecule has 0 N–H and O–H groups in total. The molecule has 1 aromatic heterocycles. The van der Waals surface area contributed by atoms with E-state index in [9.17, 15) is 0 Å². The molecule has 6 nitrogen and oxygen atoms in total. The highest BCUT2D eigenvalue weighted by molar-refractivity contribution is 9.10. The van der Waals surface area contributed by atoms with Crippen LogP contribution in [0.1, 0.15) is 25.1 Å². The van der Waals surface area contributed by atoms with Crippen molar-refractivity contribution < 1.29 is 9.47 Å². The molecule has 0 aliphatic carbocycles. The molecule has 0 bridgehead atoms. The van der Waals surface area contributed by atoms with E-state index < -0.39 is 0 Å². The second-order valence-electron chi connectivity index (χ2n) is 7.93. The van der Waals surface area contributed by atoms with Crippen molar-refractivity contribution in [2.75, 3.05) is 47.4 Å². The maximum atomic E-state index is 5.59. The fourth-order valence-electron chi connectivity index (χ4n) is 4.22. The number of ether oxygens (including phenoxy) is 2. The van der Waals surface area contributed by atoms with Gasteiger partial charge in [-0.1, -0.05) is 35.0 Å². The van der Waals surface area contributed by atoms with Crippen LogP contribution in [0.4, 0.5) is 0 Å². The Hall–Kier alpha value is -2.22. The predicted molar refractivity (Wildman–Crippen MR) is 128 cm³/mol. The van der Waals surface area contributed by atoms with Crippen LogP contribution in [0.5, 0.6) is 11.5 Å². The Bertz CT molecular complexity index is 1050. The normalized spacial score (nSPS) is 16.4. The van der Waals surface area contributed by atoms with Crippen molar-refractivity contribution in [3.63, 3.8) is 0 Å². The molecule has 1 saturated heterocycles. The Kier molecular flexibility index (Phi) is 6.74. The molecule has 1 atom stereocenters. The molecule has 2 aromatic carbocycles. The number of halogens is 1. The van der Waals surface area contributed by atoms with E-state index in [1.165, 1.54) is 0 Å². The first kappa shape index (κ1) is 22.0. The zero-order valence-corrected chi connectivity index (χ0v) is 20.1. The van der Waals surface area contributed by atoms with Gasteiger partial charge in [0, 0.05) is 47.7 Å². The van der Waals surface area contributed by atoms with Crippen LogP contribution in [0.15, 0.2) is 40.9 Å². The second kappa shape index (κ2) is 9.51. The maximum Gasteiger partial charge on any atom is 0.162 e. The van der Waals surface area contributed by atoms with Gasteiger partial charge in [0.2, 0.25) is 0 Å². The van der Waals surface area contributed by atoms with Crippen molar-refractivity contribution in [2.24, 2.45) is 0 Å². The summed E-state index contributed by atoms with van der Waals surface area (Å²) < 4.78 is 12.2. The molecule has 2 heterocycles. The zero-order valence-electron chi connectivity index (χ0n) is 18.6. The fraction of sp³-hybridized carbons (Fsp3) is 0.417. The number of hydrogen-bond acceptors (Lipinski definition) is 6. The van der Waals surface area contributed by atoms with Crippen molar-refractivity contribution in [3.05, 3.63) is 46.6 Å². The number of methoxy groups -OCH3 is 2. The first-order valence-electron chi connectivity index (χ1n) is 10.7. The Morgan fingerprint density at radius 3 is 2.23 bits per heavy atom. The summed E-state index contributed by atoms with van der Waals surface area (Å²) in [6, 6.07) is 12.3. The van der Waals surface area contributed by atoms with Crippen LogP contribution in [0.2, 0.25) is 0 Å². The molecule has 0 amide bonds. The standard InChI is InChI=1S/C24H29BrN4O2/c1-5-20(29-12-10-28(2)11-13-29)23-18-14-21(30-3)22(31-4)15-19(18)26-24(27-23)16-6-8-17(25)9-7-16/h6-9,14-15,20H,5,10-13H2,1-4H3. The largest absolute Gasteiger partial charge is 0.493 e. The van der Waals surface area contributed by atoms with E-state index in [-0.39, 0.29) is 6.04 Å². The zero-order chi connectivity index (χ0) is 22.0. The molecule has 1 fully saturated rings. The molecule has 1 unspecified atom stereocenters. The molecule has 164 valence electrons. The minimum absolute atomic E-state index is 0.214. The Balaban J connectivity index is 1.90. The molecule has 1 aliphatic heterocycles. The minimum atomic E-state index is 0.214. The molecule has 7 heteroatoms. The third kappa shape index (κ3) is 4.54. The molecular formula is C24H29BrN4O2.